The number of amides is 4. The van der Waals surface area contributed by atoms with Crippen molar-refractivity contribution >= 4 is 57.9 Å². The van der Waals surface area contributed by atoms with Crippen LogP contribution in [0.25, 0.3) is 6.08 Å². The highest BCUT2D eigenvalue weighted by molar-refractivity contribution is 14.1. The average Bonchev–Trinajstić information content (AvgIpc) is 2.94. The van der Waals surface area contributed by atoms with Gasteiger partial charge in [-0.1, -0.05) is 6.92 Å². The summed E-state index contributed by atoms with van der Waals surface area (Å²) in [5, 5.41) is 13.1. The molecule has 3 aromatic rings. The van der Waals surface area contributed by atoms with E-state index in [0.717, 1.165) is 16.9 Å². The first-order valence-electron chi connectivity index (χ1n) is 12.7. The second-order valence-corrected chi connectivity index (χ2v) is 9.94. The summed E-state index contributed by atoms with van der Waals surface area (Å²) < 4.78 is 18.0. The van der Waals surface area contributed by atoms with Gasteiger partial charge in [0.15, 0.2) is 11.5 Å². The zero-order valence-corrected chi connectivity index (χ0v) is 24.4. The lowest BCUT2D eigenvalue weighted by molar-refractivity contribution is -0.384. The number of hydrogen-bond acceptors (Lipinski definition) is 8. The van der Waals surface area contributed by atoms with E-state index in [1.54, 1.807) is 55.5 Å². The third-order valence-corrected chi connectivity index (χ3v) is 6.64. The highest BCUT2D eigenvalue weighted by atomic mass is 127. The Balaban J connectivity index is 1.59. The molecule has 12 heteroatoms. The van der Waals surface area contributed by atoms with Crippen molar-refractivity contribution < 1.29 is 33.5 Å². The minimum atomic E-state index is -0.848. The highest BCUT2D eigenvalue weighted by Gasteiger charge is 2.37. The zero-order chi connectivity index (χ0) is 29.5. The van der Waals surface area contributed by atoms with Crippen LogP contribution in [0.5, 0.6) is 17.2 Å². The summed E-state index contributed by atoms with van der Waals surface area (Å²) >= 11 is 2.06. The van der Waals surface area contributed by atoms with Crippen molar-refractivity contribution in [3.05, 3.63) is 91.0 Å². The summed E-state index contributed by atoms with van der Waals surface area (Å²) in [6.07, 6.45) is 2.22. The minimum Gasteiger partial charge on any atom is -0.494 e. The quantitative estimate of drug-likeness (QED) is 0.0911. The van der Waals surface area contributed by atoms with Crippen molar-refractivity contribution in [2.45, 2.75) is 26.9 Å². The van der Waals surface area contributed by atoms with Crippen LogP contribution < -0.4 is 24.4 Å². The van der Waals surface area contributed by atoms with E-state index in [9.17, 15) is 24.5 Å². The van der Waals surface area contributed by atoms with Gasteiger partial charge in [0.25, 0.3) is 17.5 Å². The fraction of sp³-hybridized carbons (Fsp3) is 0.207. The van der Waals surface area contributed by atoms with Crippen molar-refractivity contribution in [1.29, 1.82) is 0 Å². The summed E-state index contributed by atoms with van der Waals surface area (Å²) in [5.74, 6) is -0.165. The van der Waals surface area contributed by atoms with Gasteiger partial charge in [0.1, 0.15) is 17.9 Å². The number of nitrogens with zero attached hydrogens (tertiary/aromatic N) is 2. The molecule has 3 aromatic carbocycles. The molecule has 1 aliphatic rings. The van der Waals surface area contributed by atoms with Crippen molar-refractivity contribution in [3.63, 3.8) is 0 Å². The van der Waals surface area contributed by atoms with Crippen LogP contribution in [-0.4, -0.2) is 36.0 Å². The van der Waals surface area contributed by atoms with Crippen LogP contribution in [-0.2, 0) is 16.2 Å². The van der Waals surface area contributed by atoms with Crippen molar-refractivity contribution in [3.8, 4) is 17.2 Å². The molecule has 1 heterocycles. The van der Waals surface area contributed by atoms with Crippen LogP contribution in [0.15, 0.2) is 66.2 Å². The Kier molecular flexibility index (Phi) is 9.55. The standard InChI is InChI=1S/C29H26IN3O8/c1-3-13-40-22-11-9-20(10-12-22)32-28(35)23(27(34)31-29(32)36)14-19-15-24(30)26(25(16-19)39-4-2)41-17-18-5-7-21(8-6-18)33(37)38/h5-12,14-16H,3-4,13,17H2,1-2H3,(H,31,34,36)/b23-14-. The number of carbonyl (C=O) groups excluding carboxylic acids is 3. The van der Waals surface area contributed by atoms with Gasteiger partial charge in [-0.05, 0) is 102 Å². The Hall–Kier alpha value is -4.46. The number of rotatable bonds is 11. The second kappa shape index (κ2) is 13.3. The molecule has 1 fully saturated rings. The maximum Gasteiger partial charge on any atom is 0.335 e. The number of nitro groups is 1. The van der Waals surface area contributed by atoms with Gasteiger partial charge in [0.2, 0.25) is 0 Å². The molecule has 212 valence electrons. The van der Waals surface area contributed by atoms with E-state index in [0.29, 0.717) is 39.6 Å². The fourth-order valence-electron chi connectivity index (χ4n) is 3.91. The third-order valence-electron chi connectivity index (χ3n) is 5.84. The van der Waals surface area contributed by atoms with Gasteiger partial charge in [0.05, 0.1) is 27.4 Å². The van der Waals surface area contributed by atoms with Gasteiger partial charge in [-0.2, -0.15) is 0 Å². The first-order chi connectivity index (χ1) is 19.7. The number of nitrogens with one attached hydrogen (secondary N) is 1. The summed E-state index contributed by atoms with van der Waals surface area (Å²) in [7, 11) is 0. The molecule has 1 aliphatic heterocycles. The van der Waals surface area contributed by atoms with Crippen molar-refractivity contribution in [1.82, 2.24) is 5.32 Å². The number of carbonyl (C=O) groups is 3. The van der Waals surface area contributed by atoms with E-state index in [2.05, 4.69) is 27.9 Å². The molecule has 41 heavy (non-hydrogen) atoms. The number of benzene rings is 3. The maximum absolute atomic E-state index is 13.3. The molecule has 0 saturated carbocycles. The number of barbiturate groups is 1. The van der Waals surface area contributed by atoms with Gasteiger partial charge in [-0.15, -0.1) is 0 Å². The van der Waals surface area contributed by atoms with E-state index in [1.165, 1.54) is 18.2 Å². The SMILES string of the molecule is CCCOc1ccc(N2C(=O)NC(=O)/C(=C/c3cc(I)c(OCc4ccc([N+](=O)[O-])cc4)c(OCC)c3)C2=O)cc1. The predicted octanol–water partition coefficient (Wildman–Crippen LogP) is 5.63. The van der Waals surface area contributed by atoms with Gasteiger partial charge >= 0.3 is 6.03 Å². The minimum absolute atomic E-state index is 0.0182. The second-order valence-electron chi connectivity index (χ2n) is 8.78. The zero-order valence-electron chi connectivity index (χ0n) is 22.2. The Morgan fingerprint density at radius 3 is 2.32 bits per heavy atom. The molecule has 0 aliphatic carbocycles. The monoisotopic (exact) mass is 671 g/mol. The molecular formula is C29H26IN3O8. The summed E-state index contributed by atoms with van der Waals surface area (Å²) in [4.78, 5) is 49.9. The Morgan fingerprint density at radius 1 is 0.976 bits per heavy atom. The number of anilines is 1. The Labute approximate surface area is 249 Å². The molecule has 4 amide bonds. The van der Waals surface area contributed by atoms with Gasteiger partial charge in [-0.25, -0.2) is 9.69 Å². The van der Waals surface area contributed by atoms with Crippen molar-refractivity contribution in [2.24, 2.45) is 0 Å². The van der Waals surface area contributed by atoms with E-state index < -0.39 is 22.8 Å². The predicted molar refractivity (Wildman–Crippen MR) is 159 cm³/mol. The third kappa shape index (κ3) is 7.01. The van der Waals surface area contributed by atoms with Crippen LogP contribution in [0.1, 0.15) is 31.4 Å². The molecular weight excluding hydrogens is 645 g/mol. The van der Waals surface area contributed by atoms with Crippen LogP contribution in [0.4, 0.5) is 16.2 Å². The molecule has 11 nitrogen and oxygen atoms in total. The largest absolute Gasteiger partial charge is 0.494 e. The summed E-state index contributed by atoms with van der Waals surface area (Å²) in [5.41, 5.74) is 1.24. The smallest absolute Gasteiger partial charge is 0.335 e. The molecule has 4 rings (SSSR count). The first kappa shape index (κ1) is 29.5. The molecule has 0 bridgehead atoms. The first-order valence-corrected chi connectivity index (χ1v) is 13.8. The lowest BCUT2D eigenvalue weighted by atomic mass is 10.1. The fourth-order valence-corrected chi connectivity index (χ4v) is 4.69. The summed E-state index contributed by atoms with van der Waals surface area (Å²) in [6.45, 7) is 4.78. The van der Waals surface area contributed by atoms with E-state index >= 15 is 0 Å². The number of nitro benzene ring substituents is 1. The molecule has 0 spiro atoms. The van der Waals surface area contributed by atoms with E-state index in [-0.39, 0.29) is 23.6 Å². The van der Waals surface area contributed by atoms with Gasteiger partial charge < -0.3 is 14.2 Å². The normalized spacial score (nSPS) is 14.2. The lowest BCUT2D eigenvalue weighted by Crippen LogP contribution is -2.54. The Bertz CT molecular complexity index is 1500. The number of imide groups is 2. The number of halogens is 1. The van der Waals surface area contributed by atoms with Crippen LogP contribution in [0.2, 0.25) is 0 Å². The van der Waals surface area contributed by atoms with Gasteiger partial charge in [-0.3, -0.25) is 25.0 Å². The summed E-state index contributed by atoms with van der Waals surface area (Å²) in [6, 6.07) is 15.0. The van der Waals surface area contributed by atoms with Crippen LogP contribution >= 0.6 is 22.6 Å². The van der Waals surface area contributed by atoms with Crippen LogP contribution in [0, 0.1) is 13.7 Å². The number of non-ortho nitro benzene ring substituents is 1. The van der Waals surface area contributed by atoms with Gasteiger partial charge in [0, 0.05) is 12.1 Å². The molecule has 0 radical (unpaired) electrons. The molecule has 0 unspecified atom stereocenters. The molecule has 0 atom stereocenters. The molecule has 1 saturated heterocycles. The van der Waals surface area contributed by atoms with E-state index in [1.807, 2.05) is 6.92 Å². The highest BCUT2D eigenvalue weighted by Crippen LogP contribution is 2.36. The molecule has 1 N–H and O–H groups in total. The van der Waals surface area contributed by atoms with E-state index in [4.69, 9.17) is 14.2 Å². The number of ether oxygens (including phenoxy) is 3. The lowest BCUT2D eigenvalue weighted by Gasteiger charge is -2.26. The maximum atomic E-state index is 13.3. The van der Waals surface area contributed by atoms with Crippen molar-refractivity contribution in [2.75, 3.05) is 18.1 Å². The molecule has 0 aromatic heterocycles. The number of urea groups is 1. The number of hydrogen-bond donors (Lipinski definition) is 1. The topological polar surface area (TPSA) is 137 Å². The van der Waals surface area contributed by atoms with Crippen LogP contribution in [0.3, 0.4) is 0 Å². The Morgan fingerprint density at radius 2 is 1.68 bits per heavy atom. The average molecular weight is 671 g/mol.